The number of carbonyl (C=O) groups excluding carboxylic acids is 1. The number of ether oxygens (including phenoxy) is 1. The fraction of sp³-hybridized carbons (Fsp3) is 0.476. The van der Waals surface area contributed by atoms with Crippen molar-refractivity contribution >= 4 is 5.78 Å². The van der Waals surface area contributed by atoms with Gasteiger partial charge in [0, 0.05) is 37.3 Å². The molecule has 26 heavy (non-hydrogen) atoms. The average Bonchev–Trinajstić information content (AvgIpc) is 3.40. The van der Waals surface area contributed by atoms with E-state index in [1.807, 2.05) is 16.8 Å². The standard InChI is InChI=1S/C21H25N3O2/c1-14(2)24-21(18(25)5-4-12-26-3)19(16-10-11-16)20(23-24)17-8-6-15(13-22)7-9-17/h6-9,14,16H,4-5,10-12H2,1-3H3. The van der Waals surface area contributed by atoms with Crippen molar-refractivity contribution in [3.8, 4) is 17.3 Å². The molecule has 1 aromatic carbocycles. The molecular formula is C21H25N3O2. The molecular weight excluding hydrogens is 326 g/mol. The summed E-state index contributed by atoms with van der Waals surface area (Å²) in [7, 11) is 1.65. The predicted octanol–water partition coefficient (Wildman–Crippen LogP) is 4.49. The van der Waals surface area contributed by atoms with Gasteiger partial charge in [0.1, 0.15) is 5.69 Å². The predicted molar refractivity (Wildman–Crippen MR) is 100 cm³/mol. The molecule has 0 unspecified atom stereocenters. The third kappa shape index (κ3) is 3.71. The molecule has 0 aliphatic heterocycles. The van der Waals surface area contributed by atoms with Gasteiger partial charge in [0.15, 0.2) is 5.78 Å². The first kappa shape index (κ1) is 18.3. The Bertz CT molecular complexity index is 824. The van der Waals surface area contributed by atoms with Gasteiger partial charge in [-0.15, -0.1) is 0 Å². The Morgan fingerprint density at radius 2 is 2.04 bits per heavy atom. The van der Waals surface area contributed by atoms with Crippen LogP contribution in [-0.4, -0.2) is 29.3 Å². The first-order valence-electron chi connectivity index (χ1n) is 9.21. The lowest BCUT2D eigenvalue weighted by molar-refractivity contribution is 0.0950. The van der Waals surface area contributed by atoms with Crippen LogP contribution in [0, 0.1) is 11.3 Å². The van der Waals surface area contributed by atoms with E-state index >= 15 is 0 Å². The number of Topliss-reactive ketones (excluding diaryl/α,β-unsaturated/α-hetero) is 1. The molecule has 0 atom stereocenters. The van der Waals surface area contributed by atoms with Crippen molar-refractivity contribution in [2.45, 2.75) is 51.5 Å². The van der Waals surface area contributed by atoms with Crippen LogP contribution in [0.25, 0.3) is 11.3 Å². The lowest BCUT2D eigenvalue weighted by atomic mass is 9.98. The van der Waals surface area contributed by atoms with Gasteiger partial charge in [-0.1, -0.05) is 12.1 Å². The lowest BCUT2D eigenvalue weighted by Gasteiger charge is -2.11. The van der Waals surface area contributed by atoms with E-state index in [4.69, 9.17) is 15.1 Å². The normalized spacial score (nSPS) is 13.8. The number of nitrogens with zero attached hydrogens (tertiary/aromatic N) is 3. The summed E-state index contributed by atoms with van der Waals surface area (Å²) in [4.78, 5) is 13.0. The van der Waals surface area contributed by atoms with Crippen LogP contribution in [0.15, 0.2) is 24.3 Å². The summed E-state index contributed by atoms with van der Waals surface area (Å²) in [5.74, 6) is 0.555. The van der Waals surface area contributed by atoms with Crippen LogP contribution in [0.4, 0.5) is 0 Å². The molecule has 1 aliphatic rings. The number of ketones is 1. The molecule has 5 heteroatoms. The molecule has 136 valence electrons. The summed E-state index contributed by atoms with van der Waals surface area (Å²) in [6.07, 6.45) is 3.39. The van der Waals surface area contributed by atoms with Crippen LogP contribution in [0.1, 0.15) is 73.1 Å². The van der Waals surface area contributed by atoms with E-state index in [1.165, 1.54) is 0 Å². The highest BCUT2D eigenvalue weighted by molar-refractivity contribution is 5.98. The Labute approximate surface area is 154 Å². The lowest BCUT2D eigenvalue weighted by Crippen LogP contribution is -2.14. The molecule has 0 saturated heterocycles. The van der Waals surface area contributed by atoms with Crippen molar-refractivity contribution in [3.05, 3.63) is 41.1 Å². The van der Waals surface area contributed by atoms with Crippen LogP contribution in [0.2, 0.25) is 0 Å². The monoisotopic (exact) mass is 351 g/mol. The fourth-order valence-electron chi connectivity index (χ4n) is 3.27. The van der Waals surface area contributed by atoms with Gasteiger partial charge in [0.2, 0.25) is 0 Å². The second kappa shape index (κ2) is 7.84. The van der Waals surface area contributed by atoms with Gasteiger partial charge in [0.05, 0.1) is 17.3 Å². The smallest absolute Gasteiger partial charge is 0.181 e. The number of carbonyl (C=O) groups is 1. The third-order valence-corrected chi connectivity index (χ3v) is 4.73. The third-order valence-electron chi connectivity index (χ3n) is 4.73. The van der Waals surface area contributed by atoms with Crippen LogP contribution in [0.5, 0.6) is 0 Å². The Balaban J connectivity index is 2.06. The van der Waals surface area contributed by atoms with Gasteiger partial charge in [-0.05, 0) is 51.2 Å². The zero-order valence-electron chi connectivity index (χ0n) is 15.7. The minimum atomic E-state index is 0.112. The van der Waals surface area contributed by atoms with Gasteiger partial charge < -0.3 is 4.74 Å². The Morgan fingerprint density at radius 1 is 1.35 bits per heavy atom. The highest BCUT2D eigenvalue weighted by Crippen LogP contribution is 2.46. The van der Waals surface area contributed by atoms with E-state index in [9.17, 15) is 4.79 Å². The minimum Gasteiger partial charge on any atom is -0.385 e. The van der Waals surface area contributed by atoms with Crippen LogP contribution >= 0.6 is 0 Å². The van der Waals surface area contributed by atoms with Crippen molar-refractivity contribution in [2.24, 2.45) is 0 Å². The van der Waals surface area contributed by atoms with Gasteiger partial charge in [0.25, 0.3) is 0 Å². The van der Waals surface area contributed by atoms with E-state index < -0.39 is 0 Å². The molecule has 0 bridgehead atoms. The van der Waals surface area contributed by atoms with Gasteiger partial charge in [-0.3, -0.25) is 9.48 Å². The van der Waals surface area contributed by atoms with Crippen molar-refractivity contribution < 1.29 is 9.53 Å². The molecule has 1 heterocycles. The first-order valence-corrected chi connectivity index (χ1v) is 9.21. The number of methoxy groups -OCH3 is 1. The summed E-state index contributed by atoms with van der Waals surface area (Å²) in [5, 5.41) is 13.9. The summed E-state index contributed by atoms with van der Waals surface area (Å²) in [6.45, 7) is 4.69. The van der Waals surface area contributed by atoms with Crippen molar-refractivity contribution in [2.75, 3.05) is 13.7 Å². The topological polar surface area (TPSA) is 67.9 Å². The maximum Gasteiger partial charge on any atom is 0.181 e. The number of hydrogen-bond acceptors (Lipinski definition) is 4. The van der Waals surface area contributed by atoms with Gasteiger partial charge >= 0.3 is 0 Å². The molecule has 5 nitrogen and oxygen atoms in total. The summed E-state index contributed by atoms with van der Waals surface area (Å²) >= 11 is 0. The quantitative estimate of drug-likeness (QED) is 0.519. The second-order valence-corrected chi connectivity index (χ2v) is 7.13. The molecule has 1 aromatic heterocycles. The number of benzene rings is 1. The van der Waals surface area contributed by atoms with Crippen LogP contribution < -0.4 is 0 Å². The fourth-order valence-corrected chi connectivity index (χ4v) is 3.27. The number of rotatable bonds is 8. The molecule has 0 amide bonds. The van der Waals surface area contributed by atoms with Gasteiger partial charge in [-0.25, -0.2) is 0 Å². The summed E-state index contributed by atoms with van der Waals surface area (Å²) in [5.41, 5.74) is 4.33. The highest BCUT2D eigenvalue weighted by Gasteiger charge is 2.35. The zero-order valence-corrected chi connectivity index (χ0v) is 15.7. The first-order chi connectivity index (χ1) is 12.6. The molecule has 2 aromatic rings. The van der Waals surface area contributed by atoms with E-state index in [0.29, 0.717) is 24.5 Å². The molecule has 1 aliphatic carbocycles. The number of aromatic nitrogens is 2. The molecule has 0 N–H and O–H groups in total. The average molecular weight is 351 g/mol. The Morgan fingerprint density at radius 3 is 2.58 bits per heavy atom. The minimum absolute atomic E-state index is 0.112. The van der Waals surface area contributed by atoms with Crippen molar-refractivity contribution in [1.29, 1.82) is 5.26 Å². The van der Waals surface area contributed by atoms with Crippen LogP contribution in [0.3, 0.4) is 0 Å². The van der Waals surface area contributed by atoms with Crippen LogP contribution in [-0.2, 0) is 4.74 Å². The molecule has 3 rings (SSSR count). The van der Waals surface area contributed by atoms with E-state index in [-0.39, 0.29) is 11.8 Å². The Hall–Kier alpha value is -2.45. The zero-order chi connectivity index (χ0) is 18.7. The summed E-state index contributed by atoms with van der Waals surface area (Å²) < 4.78 is 6.98. The molecule has 1 saturated carbocycles. The highest BCUT2D eigenvalue weighted by atomic mass is 16.5. The molecule has 0 spiro atoms. The van der Waals surface area contributed by atoms with Gasteiger partial charge in [-0.2, -0.15) is 10.4 Å². The van der Waals surface area contributed by atoms with E-state index in [0.717, 1.165) is 41.8 Å². The molecule has 1 fully saturated rings. The molecule has 0 radical (unpaired) electrons. The second-order valence-electron chi connectivity index (χ2n) is 7.13. The number of hydrogen-bond donors (Lipinski definition) is 0. The number of nitriles is 1. The summed E-state index contributed by atoms with van der Waals surface area (Å²) in [6, 6.07) is 9.72. The maximum atomic E-state index is 13.0. The Kier molecular flexibility index (Phi) is 5.53. The van der Waals surface area contributed by atoms with E-state index in [1.54, 1.807) is 19.2 Å². The SMILES string of the molecule is COCCCC(=O)c1c(C2CC2)c(-c2ccc(C#N)cc2)nn1C(C)C. The van der Waals surface area contributed by atoms with Crippen molar-refractivity contribution in [3.63, 3.8) is 0 Å². The maximum absolute atomic E-state index is 13.0. The van der Waals surface area contributed by atoms with Crippen molar-refractivity contribution in [1.82, 2.24) is 9.78 Å². The largest absolute Gasteiger partial charge is 0.385 e. The van der Waals surface area contributed by atoms with E-state index in [2.05, 4.69) is 19.9 Å².